The number of benzene rings is 2. The molecular weight excluding hydrogens is 620 g/mol. The maximum absolute atomic E-state index is 13.3. The Morgan fingerprint density at radius 2 is 1.85 bits per heavy atom. The Labute approximate surface area is 246 Å². The number of para-hydroxylation sites is 1. The van der Waals surface area contributed by atoms with Gasteiger partial charge < -0.3 is 14.8 Å². The number of halogens is 1. The van der Waals surface area contributed by atoms with Crippen LogP contribution in [0.2, 0.25) is 0 Å². The highest BCUT2D eigenvalue weighted by Gasteiger charge is 2.24. The molecule has 2 N–H and O–H groups in total. The third-order valence-corrected chi connectivity index (χ3v) is 8.32. The summed E-state index contributed by atoms with van der Waals surface area (Å²) in [5.74, 6) is -0.869. The molecule has 4 aromatic rings. The molecule has 4 rings (SSSR count). The van der Waals surface area contributed by atoms with Crippen molar-refractivity contribution < 1.29 is 23.9 Å². The maximum atomic E-state index is 13.3. The first-order valence-electron chi connectivity index (χ1n) is 12.2. The minimum atomic E-state index is -0.646. The molecule has 0 bridgehead atoms. The van der Waals surface area contributed by atoms with E-state index in [0.29, 0.717) is 38.1 Å². The standard InChI is InChI=1S/C27H25BrN4O6S2/c1-3-21(24(34)29-17-11-9-16(10-12-17)26(36)37-4-2)40-27-30-19-13-14-39-23(19)25(35)32(27)31-22(33)15-38-20-8-6-5-7-18(20)28/h5-14,21H,3-4,15H2,1-2H3,(H,29,34)(H,31,33)/t21-/m1/s1. The first-order valence-corrected chi connectivity index (χ1v) is 14.8. The van der Waals surface area contributed by atoms with Gasteiger partial charge in [0.1, 0.15) is 10.4 Å². The lowest BCUT2D eigenvalue weighted by Gasteiger charge is -2.18. The number of fused-ring (bicyclic) bond motifs is 1. The highest BCUT2D eigenvalue weighted by Crippen LogP contribution is 2.27. The number of aromatic nitrogens is 2. The quantitative estimate of drug-likeness (QED) is 0.132. The Morgan fingerprint density at radius 1 is 1.10 bits per heavy atom. The van der Waals surface area contributed by atoms with E-state index < -0.39 is 22.7 Å². The Bertz CT molecular complexity index is 1590. The number of amides is 2. The lowest BCUT2D eigenvalue weighted by molar-refractivity contribution is -0.119. The molecule has 0 aliphatic carbocycles. The van der Waals surface area contributed by atoms with E-state index in [1.807, 2.05) is 13.0 Å². The van der Waals surface area contributed by atoms with E-state index in [2.05, 4.69) is 31.7 Å². The van der Waals surface area contributed by atoms with Crippen LogP contribution in [0, 0.1) is 0 Å². The molecule has 0 saturated carbocycles. The molecule has 0 aliphatic heterocycles. The summed E-state index contributed by atoms with van der Waals surface area (Å²) >= 11 is 5.63. The number of hydrogen-bond acceptors (Lipinski definition) is 9. The van der Waals surface area contributed by atoms with Crippen molar-refractivity contribution in [3.63, 3.8) is 0 Å². The molecule has 0 aliphatic rings. The Kier molecular flexibility index (Phi) is 9.96. The van der Waals surface area contributed by atoms with Crippen LogP contribution in [0.1, 0.15) is 30.6 Å². The molecule has 0 saturated heterocycles. The van der Waals surface area contributed by atoms with Crippen LogP contribution >= 0.6 is 39.0 Å². The third kappa shape index (κ3) is 7.09. The molecule has 2 aromatic carbocycles. The van der Waals surface area contributed by atoms with E-state index in [9.17, 15) is 19.2 Å². The summed E-state index contributed by atoms with van der Waals surface area (Å²) in [6.45, 7) is 3.47. The second kappa shape index (κ2) is 13.6. The van der Waals surface area contributed by atoms with Crippen molar-refractivity contribution >= 4 is 72.7 Å². The number of rotatable bonds is 11. The summed E-state index contributed by atoms with van der Waals surface area (Å²) in [5.41, 5.74) is 3.45. The fourth-order valence-corrected chi connectivity index (χ4v) is 5.64. The molecule has 2 heterocycles. The molecule has 40 heavy (non-hydrogen) atoms. The Morgan fingerprint density at radius 3 is 2.55 bits per heavy atom. The fourth-order valence-electron chi connectivity index (χ4n) is 3.51. The number of carbonyl (C=O) groups is 3. The summed E-state index contributed by atoms with van der Waals surface area (Å²) in [6, 6.07) is 15.1. The van der Waals surface area contributed by atoms with Crippen LogP contribution < -0.4 is 21.0 Å². The van der Waals surface area contributed by atoms with Crippen LogP contribution in [0.25, 0.3) is 10.2 Å². The number of ether oxygens (including phenoxy) is 2. The smallest absolute Gasteiger partial charge is 0.338 e. The van der Waals surface area contributed by atoms with Gasteiger partial charge in [-0.05, 0) is 77.1 Å². The molecule has 0 fully saturated rings. The first kappa shape index (κ1) is 29.3. The van der Waals surface area contributed by atoms with Gasteiger partial charge in [0.2, 0.25) is 5.91 Å². The normalized spacial score (nSPS) is 11.6. The summed E-state index contributed by atoms with van der Waals surface area (Å²) < 4.78 is 12.7. The van der Waals surface area contributed by atoms with Crippen molar-refractivity contribution in [1.82, 2.24) is 9.66 Å². The summed E-state index contributed by atoms with van der Waals surface area (Å²) in [7, 11) is 0. The van der Waals surface area contributed by atoms with Crippen molar-refractivity contribution in [1.29, 1.82) is 0 Å². The Hall–Kier alpha value is -3.68. The van der Waals surface area contributed by atoms with Crippen LogP contribution in [-0.2, 0) is 14.3 Å². The van der Waals surface area contributed by atoms with E-state index in [0.717, 1.165) is 16.4 Å². The zero-order chi connectivity index (χ0) is 28.6. The van der Waals surface area contributed by atoms with Gasteiger partial charge in [-0.3, -0.25) is 19.8 Å². The minimum absolute atomic E-state index is 0.157. The van der Waals surface area contributed by atoms with Crippen LogP contribution in [0.15, 0.2) is 74.4 Å². The van der Waals surface area contributed by atoms with E-state index in [1.54, 1.807) is 60.8 Å². The predicted octanol–water partition coefficient (Wildman–Crippen LogP) is 5.06. The Balaban J connectivity index is 1.51. The average Bonchev–Trinajstić information content (AvgIpc) is 3.42. The van der Waals surface area contributed by atoms with Gasteiger partial charge in [0, 0.05) is 5.69 Å². The number of esters is 1. The van der Waals surface area contributed by atoms with Gasteiger partial charge in [-0.15, -0.1) is 11.3 Å². The molecule has 2 amide bonds. The zero-order valence-electron chi connectivity index (χ0n) is 21.5. The van der Waals surface area contributed by atoms with Crippen molar-refractivity contribution in [3.8, 4) is 5.75 Å². The van der Waals surface area contributed by atoms with Gasteiger partial charge in [0.15, 0.2) is 11.8 Å². The van der Waals surface area contributed by atoms with E-state index in [4.69, 9.17) is 9.47 Å². The van der Waals surface area contributed by atoms with E-state index in [1.165, 1.54) is 11.3 Å². The number of thioether (sulfide) groups is 1. The topological polar surface area (TPSA) is 129 Å². The molecule has 208 valence electrons. The van der Waals surface area contributed by atoms with Crippen molar-refractivity contribution in [2.75, 3.05) is 24.0 Å². The molecular formula is C27H25BrN4O6S2. The zero-order valence-corrected chi connectivity index (χ0v) is 24.7. The third-order valence-electron chi connectivity index (χ3n) is 5.46. The second-order valence-electron chi connectivity index (χ2n) is 8.23. The highest BCUT2D eigenvalue weighted by atomic mass is 79.9. The van der Waals surface area contributed by atoms with Crippen LogP contribution in [-0.4, -0.2) is 45.9 Å². The molecule has 0 radical (unpaired) electrons. The number of nitrogens with zero attached hydrogens (tertiary/aromatic N) is 2. The number of thiophene rings is 1. The molecule has 2 aromatic heterocycles. The van der Waals surface area contributed by atoms with Crippen molar-refractivity contribution in [3.05, 3.63) is 80.4 Å². The lowest BCUT2D eigenvalue weighted by Crippen LogP contribution is -2.37. The van der Waals surface area contributed by atoms with Gasteiger partial charge in [-0.25, -0.2) is 9.78 Å². The molecule has 13 heteroatoms. The largest absolute Gasteiger partial charge is 0.483 e. The van der Waals surface area contributed by atoms with Gasteiger partial charge >= 0.3 is 5.97 Å². The van der Waals surface area contributed by atoms with Gasteiger partial charge in [0.05, 0.1) is 27.4 Å². The SMILES string of the molecule is CCOC(=O)c1ccc(NC(=O)[C@@H](CC)Sc2nc3ccsc3c(=O)n2NC(=O)COc2ccccc2Br)cc1. The first-order chi connectivity index (χ1) is 19.3. The average molecular weight is 646 g/mol. The van der Waals surface area contributed by atoms with Gasteiger partial charge in [-0.2, -0.15) is 4.68 Å². The minimum Gasteiger partial charge on any atom is -0.483 e. The van der Waals surface area contributed by atoms with Gasteiger partial charge in [-0.1, -0.05) is 30.8 Å². The number of anilines is 1. The van der Waals surface area contributed by atoms with Crippen LogP contribution in [0.3, 0.4) is 0 Å². The van der Waals surface area contributed by atoms with E-state index in [-0.39, 0.29) is 24.3 Å². The second-order valence-corrected chi connectivity index (χ2v) is 11.2. The van der Waals surface area contributed by atoms with Crippen molar-refractivity contribution in [2.45, 2.75) is 30.7 Å². The number of hydrogen-bond donors (Lipinski definition) is 2. The van der Waals surface area contributed by atoms with Gasteiger partial charge in [0.25, 0.3) is 11.5 Å². The van der Waals surface area contributed by atoms with Crippen LogP contribution in [0.4, 0.5) is 5.69 Å². The fraction of sp³-hybridized carbons (Fsp3) is 0.222. The summed E-state index contributed by atoms with van der Waals surface area (Å²) in [5, 5.41) is 4.07. The van der Waals surface area contributed by atoms with Crippen LogP contribution in [0.5, 0.6) is 5.75 Å². The monoisotopic (exact) mass is 644 g/mol. The molecule has 0 unspecified atom stereocenters. The maximum Gasteiger partial charge on any atom is 0.338 e. The molecule has 0 spiro atoms. The lowest BCUT2D eigenvalue weighted by atomic mass is 10.2. The molecule has 10 nitrogen and oxygen atoms in total. The summed E-state index contributed by atoms with van der Waals surface area (Å²) in [4.78, 5) is 55.6. The highest BCUT2D eigenvalue weighted by molar-refractivity contribution is 9.10. The van der Waals surface area contributed by atoms with E-state index >= 15 is 0 Å². The number of nitrogens with one attached hydrogen (secondary N) is 2. The van der Waals surface area contributed by atoms with Crippen molar-refractivity contribution in [2.24, 2.45) is 0 Å². The summed E-state index contributed by atoms with van der Waals surface area (Å²) in [6.07, 6.45) is 0.411. The number of carbonyl (C=O) groups excluding carboxylic acids is 3. The predicted molar refractivity (Wildman–Crippen MR) is 159 cm³/mol. The molecule has 1 atom stereocenters.